The highest BCUT2D eigenvalue weighted by Gasteiger charge is 2.10. The lowest BCUT2D eigenvalue weighted by atomic mass is 10.1. The van der Waals surface area contributed by atoms with Gasteiger partial charge in [-0.15, -0.1) is 0 Å². The van der Waals surface area contributed by atoms with E-state index in [4.69, 9.17) is 4.74 Å². The Morgan fingerprint density at radius 2 is 2.05 bits per heavy atom. The predicted molar refractivity (Wildman–Crippen MR) is 75.8 cm³/mol. The van der Waals surface area contributed by atoms with Crippen molar-refractivity contribution in [3.63, 3.8) is 0 Å². The number of benzene rings is 1. The summed E-state index contributed by atoms with van der Waals surface area (Å²) in [5, 5.41) is 14.2. The maximum absolute atomic E-state index is 11.7. The van der Waals surface area contributed by atoms with E-state index in [-0.39, 0.29) is 12.1 Å². The maximum atomic E-state index is 11.7. The highest BCUT2D eigenvalue weighted by atomic mass is 16.5. The second-order valence-electron chi connectivity index (χ2n) is 4.57. The Bertz CT molecular complexity index is 620. The Morgan fingerprint density at radius 1 is 1.35 bits per heavy atom. The van der Waals surface area contributed by atoms with Crippen LogP contribution in [0, 0.1) is 6.92 Å². The zero-order valence-electron chi connectivity index (χ0n) is 11.6. The summed E-state index contributed by atoms with van der Waals surface area (Å²) in [7, 11) is 0. The molecule has 0 radical (unpaired) electrons. The van der Waals surface area contributed by atoms with Crippen LogP contribution in [0.4, 0.5) is 0 Å². The van der Waals surface area contributed by atoms with E-state index in [1.165, 1.54) is 10.7 Å². The molecule has 2 rings (SSSR count). The van der Waals surface area contributed by atoms with Gasteiger partial charge < -0.3 is 9.84 Å². The molecule has 1 heterocycles. The van der Waals surface area contributed by atoms with Crippen molar-refractivity contribution in [3.8, 4) is 5.75 Å². The van der Waals surface area contributed by atoms with Crippen LogP contribution < -0.4 is 10.3 Å². The Labute approximate surface area is 117 Å². The van der Waals surface area contributed by atoms with E-state index in [1.807, 2.05) is 13.8 Å². The molecule has 5 heteroatoms. The van der Waals surface area contributed by atoms with E-state index in [2.05, 4.69) is 5.10 Å². The van der Waals surface area contributed by atoms with Gasteiger partial charge in [-0.1, -0.05) is 12.1 Å². The summed E-state index contributed by atoms with van der Waals surface area (Å²) in [6.45, 7) is 4.46. The molecule has 20 heavy (non-hydrogen) atoms. The normalized spacial score (nSPS) is 12.2. The van der Waals surface area contributed by atoms with Crippen LogP contribution in [0.15, 0.2) is 41.3 Å². The second-order valence-corrected chi connectivity index (χ2v) is 4.57. The Morgan fingerprint density at radius 3 is 2.65 bits per heavy atom. The zero-order valence-corrected chi connectivity index (χ0v) is 11.6. The third-order valence-corrected chi connectivity index (χ3v) is 2.93. The standard InChI is InChI=1S/C15H18N2O3/c1-3-20-13-6-4-12(5-7-13)14(18)10-17-15(19)8-11(2)9-16-17/h4-9,14,18H,3,10H2,1-2H3. The van der Waals surface area contributed by atoms with E-state index in [9.17, 15) is 9.90 Å². The molecule has 0 saturated carbocycles. The van der Waals surface area contributed by atoms with Crippen molar-refractivity contribution >= 4 is 0 Å². The summed E-state index contributed by atoms with van der Waals surface area (Å²) in [6, 6.07) is 8.67. The number of aliphatic hydroxyl groups excluding tert-OH is 1. The van der Waals surface area contributed by atoms with Gasteiger partial charge >= 0.3 is 0 Å². The fraction of sp³-hybridized carbons (Fsp3) is 0.333. The molecule has 0 bridgehead atoms. The van der Waals surface area contributed by atoms with Crippen LogP contribution in [0.5, 0.6) is 5.75 Å². The van der Waals surface area contributed by atoms with Crippen LogP contribution in [-0.2, 0) is 6.54 Å². The Hall–Kier alpha value is -2.14. The second kappa shape index (κ2) is 6.34. The zero-order chi connectivity index (χ0) is 14.5. The minimum absolute atomic E-state index is 0.132. The molecule has 0 saturated heterocycles. The van der Waals surface area contributed by atoms with Gasteiger partial charge in [-0.2, -0.15) is 5.10 Å². The van der Waals surface area contributed by atoms with Gasteiger partial charge in [-0.05, 0) is 37.1 Å². The highest BCUT2D eigenvalue weighted by Crippen LogP contribution is 2.18. The average molecular weight is 274 g/mol. The van der Waals surface area contributed by atoms with Crippen molar-refractivity contribution in [2.24, 2.45) is 0 Å². The lowest BCUT2D eigenvalue weighted by Crippen LogP contribution is -2.25. The molecule has 0 aliphatic heterocycles. The van der Waals surface area contributed by atoms with Crippen molar-refractivity contribution in [1.82, 2.24) is 9.78 Å². The number of ether oxygens (including phenoxy) is 1. The first kappa shape index (κ1) is 14.3. The number of aliphatic hydroxyl groups is 1. The molecule has 1 atom stereocenters. The summed E-state index contributed by atoms with van der Waals surface area (Å²) in [6.07, 6.45) is 0.824. The third-order valence-electron chi connectivity index (χ3n) is 2.93. The van der Waals surface area contributed by atoms with Gasteiger partial charge in [0.2, 0.25) is 0 Å². The fourth-order valence-electron chi connectivity index (χ4n) is 1.88. The van der Waals surface area contributed by atoms with Gasteiger partial charge in [0, 0.05) is 6.07 Å². The molecule has 1 aromatic carbocycles. The summed E-state index contributed by atoms with van der Waals surface area (Å²) in [5.41, 5.74) is 1.32. The summed E-state index contributed by atoms with van der Waals surface area (Å²) >= 11 is 0. The summed E-state index contributed by atoms with van der Waals surface area (Å²) in [5.74, 6) is 0.758. The van der Waals surface area contributed by atoms with E-state index < -0.39 is 6.10 Å². The topological polar surface area (TPSA) is 64.3 Å². The number of hydrogen-bond acceptors (Lipinski definition) is 4. The largest absolute Gasteiger partial charge is 0.494 e. The number of nitrogens with zero attached hydrogens (tertiary/aromatic N) is 2. The molecule has 1 aromatic heterocycles. The van der Waals surface area contributed by atoms with E-state index in [1.54, 1.807) is 30.5 Å². The van der Waals surface area contributed by atoms with Crippen LogP contribution in [0.3, 0.4) is 0 Å². The number of hydrogen-bond donors (Lipinski definition) is 1. The van der Waals surface area contributed by atoms with Gasteiger partial charge in [0.25, 0.3) is 5.56 Å². The molecule has 0 aliphatic rings. The average Bonchev–Trinajstić information content (AvgIpc) is 2.43. The molecular formula is C15H18N2O3. The van der Waals surface area contributed by atoms with Crippen LogP contribution in [0.1, 0.15) is 24.2 Å². The summed E-state index contributed by atoms with van der Waals surface area (Å²) in [4.78, 5) is 11.7. The quantitative estimate of drug-likeness (QED) is 0.901. The van der Waals surface area contributed by atoms with Crippen molar-refractivity contribution in [2.45, 2.75) is 26.5 Å². The summed E-state index contributed by atoms with van der Waals surface area (Å²) < 4.78 is 6.60. The van der Waals surface area contributed by atoms with Gasteiger partial charge in [0.05, 0.1) is 25.5 Å². The van der Waals surface area contributed by atoms with E-state index >= 15 is 0 Å². The molecule has 0 aliphatic carbocycles. The van der Waals surface area contributed by atoms with Crippen molar-refractivity contribution in [1.29, 1.82) is 0 Å². The van der Waals surface area contributed by atoms with Gasteiger partial charge in [0.15, 0.2) is 0 Å². The maximum Gasteiger partial charge on any atom is 0.267 e. The smallest absolute Gasteiger partial charge is 0.267 e. The van der Waals surface area contributed by atoms with Crippen molar-refractivity contribution in [2.75, 3.05) is 6.61 Å². The molecule has 1 unspecified atom stereocenters. The van der Waals surface area contributed by atoms with Crippen LogP contribution in [-0.4, -0.2) is 21.5 Å². The first-order valence-corrected chi connectivity index (χ1v) is 6.54. The first-order chi connectivity index (χ1) is 9.60. The van der Waals surface area contributed by atoms with Crippen molar-refractivity contribution in [3.05, 3.63) is 58.0 Å². The van der Waals surface area contributed by atoms with Crippen LogP contribution in [0.2, 0.25) is 0 Å². The number of aromatic nitrogens is 2. The van der Waals surface area contributed by atoms with E-state index in [0.717, 1.165) is 16.9 Å². The lowest BCUT2D eigenvalue weighted by molar-refractivity contribution is 0.149. The molecule has 2 aromatic rings. The Kier molecular flexibility index (Phi) is 4.53. The first-order valence-electron chi connectivity index (χ1n) is 6.54. The molecule has 1 N–H and O–H groups in total. The Balaban J connectivity index is 2.11. The van der Waals surface area contributed by atoms with Gasteiger partial charge in [-0.3, -0.25) is 4.79 Å². The molecule has 0 fully saturated rings. The molecular weight excluding hydrogens is 256 g/mol. The van der Waals surface area contributed by atoms with Crippen LogP contribution >= 0.6 is 0 Å². The molecule has 0 spiro atoms. The molecule has 106 valence electrons. The fourth-order valence-corrected chi connectivity index (χ4v) is 1.88. The lowest BCUT2D eigenvalue weighted by Gasteiger charge is -2.13. The highest BCUT2D eigenvalue weighted by molar-refractivity contribution is 5.28. The minimum Gasteiger partial charge on any atom is -0.494 e. The molecule has 5 nitrogen and oxygen atoms in total. The third kappa shape index (κ3) is 3.45. The van der Waals surface area contributed by atoms with Crippen molar-refractivity contribution < 1.29 is 9.84 Å². The SMILES string of the molecule is CCOc1ccc(C(O)Cn2ncc(C)cc2=O)cc1. The van der Waals surface area contributed by atoms with Gasteiger partial charge in [0.1, 0.15) is 5.75 Å². The predicted octanol–water partition coefficient (Wildman–Crippen LogP) is 1.68. The number of aryl methyl sites for hydroxylation is 1. The minimum atomic E-state index is -0.779. The number of rotatable bonds is 5. The van der Waals surface area contributed by atoms with Gasteiger partial charge in [-0.25, -0.2) is 4.68 Å². The monoisotopic (exact) mass is 274 g/mol. The molecule has 0 amide bonds. The van der Waals surface area contributed by atoms with Crippen LogP contribution in [0.25, 0.3) is 0 Å². The van der Waals surface area contributed by atoms with E-state index in [0.29, 0.717) is 6.61 Å².